The molecule has 0 amide bonds. The summed E-state index contributed by atoms with van der Waals surface area (Å²) in [7, 11) is -2.99. The van der Waals surface area contributed by atoms with E-state index in [1.54, 1.807) is 53.2 Å². The minimum Gasteiger partial charge on any atom is -0.465 e. The second-order valence-electron chi connectivity index (χ2n) is 11.6. The second-order valence-corrected chi connectivity index (χ2v) is 13.4. The zero-order chi connectivity index (χ0) is 32.5. The third-order valence-corrected chi connectivity index (χ3v) is 10.1. The van der Waals surface area contributed by atoms with Crippen LogP contribution in [-0.4, -0.2) is 35.0 Å². The number of hydrogen-bond acceptors (Lipinski definition) is 7. The van der Waals surface area contributed by atoms with E-state index >= 15 is 0 Å². The lowest BCUT2D eigenvalue weighted by atomic mass is 10.1. The molecule has 10 heteroatoms. The standard InChI is InChI=1S/C37H32N4O5S/c1-46-37(43)32-22-38-36(39(23-26-11-5-2-6-12-26)24-27-13-7-3-8-14-27)35-31(32)21-33(28-17-20-34(42)40(25-28)29-18-19-29)41(35)47(44,45)30-15-9-4-10-16-30/h2-17,20-22,25,29H,18-19,23-24H2,1H3. The van der Waals surface area contributed by atoms with Crippen molar-refractivity contribution in [3.63, 3.8) is 0 Å². The highest BCUT2D eigenvalue weighted by atomic mass is 32.2. The number of pyridine rings is 2. The molecular formula is C37H32N4O5S. The molecule has 0 unspecified atom stereocenters. The van der Waals surface area contributed by atoms with E-state index in [1.807, 2.05) is 65.6 Å². The number of carbonyl (C=O) groups excluding carboxylic acids is 1. The topological polar surface area (TPSA) is 104 Å². The Hall–Kier alpha value is -5.48. The number of fused-ring (bicyclic) bond motifs is 1. The van der Waals surface area contributed by atoms with Gasteiger partial charge in [0.2, 0.25) is 0 Å². The fraction of sp³-hybridized carbons (Fsp3) is 0.162. The molecule has 0 spiro atoms. The molecule has 0 saturated heterocycles. The van der Waals surface area contributed by atoms with Crippen LogP contribution in [0.15, 0.2) is 131 Å². The highest BCUT2D eigenvalue weighted by Gasteiger charge is 2.31. The van der Waals surface area contributed by atoms with Gasteiger partial charge in [0.1, 0.15) is 5.52 Å². The Morgan fingerprint density at radius 3 is 2.04 bits per heavy atom. The van der Waals surface area contributed by atoms with E-state index < -0.39 is 16.0 Å². The molecule has 0 radical (unpaired) electrons. The maximum atomic E-state index is 14.8. The minimum atomic E-state index is -4.27. The number of benzene rings is 3. The Morgan fingerprint density at radius 1 is 0.872 bits per heavy atom. The Kier molecular flexibility index (Phi) is 7.95. The van der Waals surface area contributed by atoms with Crippen molar-refractivity contribution in [2.45, 2.75) is 36.9 Å². The number of methoxy groups -OCH3 is 1. The van der Waals surface area contributed by atoms with Crippen molar-refractivity contribution in [3.8, 4) is 11.3 Å². The summed E-state index contributed by atoms with van der Waals surface area (Å²) < 4.78 is 37.6. The third-order valence-electron chi connectivity index (χ3n) is 8.37. The molecule has 236 valence electrons. The molecule has 0 atom stereocenters. The molecule has 9 nitrogen and oxygen atoms in total. The number of esters is 1. The van der Waals surface area contributed by atoms with Crippen molar-refractivity contribution >= 4 is 32.7 Å². The van der Waals surface area contributed by atoms with E-state index in [2.05, 4.69) is 0 Å². The number of hydrogen-bond donors (Lipinski definition) is 0. The summed E-state index contributed by atoms with van der Waals surface area (Å²) in [6.45, 7) is 0.821. The van der Waals surface area contributed by atoms with Crippen LogP contribution in [0.25, 0.3) is 22.2 Å². The number of rotatable bonds is 10. The van der Waals surface area contributed by atoms with E-state index in [0.717, 1.165) is 24.0 Å². The summed E-state index contributed by atoms with van der Waals surface area (Å²) in [5.74, 6) is -0.267. The van der Waals surface area contributed by atoms with Gasteiger partial charge in [-0.05, 0) is 48.2 Å². The van der Waals surface area contributed by atoms with Crippen molar-refractivity contribution in [3.05, 3.63) is 149 Å². The third kappa shape index (κ3) is 5.83. The van der Waals surface area contributed by atoms with Crippen molar-refractivity contribution in [2.24, 2.45) is 0 Å². The van der Waals surface area contributed by atoms with Crippen LogP contribution < -0.4 is 10.5 Å². The first-order valence-corrected chi connectivity index (χ1v) is 16.8. The van der Waals surface area contributed by atoms with Gasteiger partial charge in [0.15, 0.2) is 5.82 Å². The molecule has 0 N–H and O–H groups in total. The summed E-state index contributed by atoms with van der Waals surface area (Å²) in [4.78, 5) is 32.9. The lowest BCUT2D eigenvalue weighted by Crippen LogP contribution is -2.25. The Morgan fingerprint density at radius 2 is 1.47 bits per heavy atom. The zero-order valence-electron chi connectivity index (χ0n) is 25.7. The lowest BCUT2D eigenvalue weighted by Gasteiger charge is -2.26. The van der Waals surface area contributed by atoms with E-state index in [9.17, 15) is 18.0 Å². The van der Waals surface area contributed by atoms with Gasteiger partial charge in [-0.2, -0.15) is 0 Å². The number of carbonyl (C=O) groups is 1. The maximum Gasteiger partial charge on any atom is 0.340 e. The molecule has 47 heavy (non-hydrogen) atoms. The lowest BCUT2D eigenvalue weighted by molar-refractivity contribution is 0.0602. The maximum absolute atomic E-state index is 14.8. The van der Waals surface area contributed by atoms with Crippen LogP contribution in [0.5, 0.6) is 0 Å². The summed E-state index contributed by atoms with van der Waals surface area (Å²) in [5.41, 5.74) is 3.03. The van der Waals surface area contributed by atoms with Crippen molar-refractivity contribution in [1.29, 1.82) is 0 Å². The Balaban J connectivity index is 1.56. The van der Waals surface area contributed by atoms with E-state index in [0.29, 0.717) is 35.6 Å². The van der Waals surface area contributed by atoms with Crippen molar-refractivity contribution in [1.82, 2.24) is 13.5 Å². The van der Waals surface area contributed by atoms with Crippen molar-refractivity contribution < 1.29 is 17.9 Å². The molecular weight excluding hydrogens is 612 g/mol. The smallest absolute Gasteiger partial charge is 0.340 e. The number of ether oxygens (including phenoxy) is 1. The molecule has 1 aliphatic carbocycles. The van der Waals surface area contributed by atoms with Gasteiger partial charge in [-0.15, -0.1) is 0 Å². The summed E-state index contributed by atoms with van der Waals surface area (Å²) in [6.07, 6.45) is 4.91. The molecule has 7 rings (SSSR count). The van der Waals surface area contributed by atoms with Gasteiger partial charge in [-0.25, -0.2) is 22.2 Å². The molecule has 0 aliphatic heterocycles. The Labute approximate surface area is 272 Å². The van der Waals surface area contributed by atoms with Gasteiger partial charge in [-0.3, -0.25) is 4.79 Å². The van der Waals surface area contributed by atoms with Crippen LogP contribution >= 0.6 is 0 Å². The van der Waals surface area contributed by atoms with Crippen LogP contribution in [0.2, 0.25) is 0 Å². The first-order chi connectivity index (χ1) is 22.8. The zero-order valence-corrected chi connectivity index (χ0v) is 26.5. The quantitative estimate of drug-likeness (QED) is 0.158. The average molecular weight is 645 g/mol. The van der Waals surface area contributed by atoms with Gasteiger partial charge in [0, 0.05) is 48.5 Å². The van der Waals surface area contributed by atoms with E-state index in [4.69, 9.17) is 9.72 Å². The van der Waals surface area contributed by atoms with E-state index in [1.165, 1.54) is 23.3 Å². The molecule has 1 fully saturated rings. The van der Waals surface area contributed by atoms with Crippen LogP contribution in [0.4, 0.5) is 5.82 Å². The SMILES string of the molecule is COC(=O)c1cnc(N(Cc2ccccc2)Cc2ccccc2)c2c1cc(-c1ccc(=O)n(C3CC3)c1)n2S(=O)(=O)c1ccccc1. The molecule has 1 aliphatic rings. The second kappa shape index (κ2) is 12.4. The van der Waals surface area contributed by atoms with Crippen molar-refractivity contribution in [2.75, 3.05) is 12.0 Å². The number of anilines is 1. The van der Waals surface area contributed by atoms with Gasteiger partial charge >= 0.3 is 5.97 Å². The monoisotopic (exact) mass is 644 g/mol. The van der Waals surface area contributed by atoms with Crippen LogP contribution in [0.3, 0.4) is 0 Å². The fourth-order valence-corrected chi connectivity index (χ4v) is 7.47. The van der Waals surface area contributed by atoms with Gasteiger partial charge < -0.3 is 14.2 Å². The molecule has 0 bridgehead atoms. The van der Waals surface area contributed by atoms with Crippen LogP contribution in [0.1, 0.15) is 40.4 Å². The fourth-order valence-electron chi connectivity index (χ4n) is 5.93. The highest BCUT2D eigenvalue weighted by Crippen LogP contribution is 2.40. The predicted molar refractivity (Wildman–Crippen MR) is 181 cm³/mol. The normalized spacial score (nSPS) is 13.0. The molecule has 3 heterocycles. The molecule has 3 aromatic carbocycles. The van der Waals surface area contributed by atoms with Crippen LogP contribution in [0, 0.1) is 0 Å². The molecule has 3 aromatic heterocycles. The summed E-state index contributed by atoms with van der Waals surface area (Å²) in [6, 6.07) is 32.7. The van der Waals surface area contributed by atoms with Gasteiger partial charge in [0.05, 0.1) is 23.3 Å². The number of nitrogens with zero attached hydrogens (tertiary/aromatic N) is 4. The Bertz CT molecular complexity index is 2200. The summed E-state index contributed by atoms with van der Waals surface area (Å²) >= 11 is 0. The van der Waals surface area contributed by atoms with E-state index in [-0.39, 0.29) is 27.6 Å². The summed E-state index contributed by atoms with van der Waals surface area (Å²) in [5, 5.41) is 0.367. The van der Waals surface area contributed by atoms with Gasteiger partial charge in [-0.1, -0.05) is 78.9 Å². The minimum absolute atomic E-state index is 0.0705. The average Bonchev–Trinajstić information content (AvgIpc) is 3.87. The first kappa shape index (κ1) is 30.2. The predicted octanol–water partition coefficient (Wildman–Crippen LogP) is 6.43. The first-order valence-electron chi connectivity index (χ1n) is 15.3. The van der Waals surface area contributed by atoms with Crippen LogP contribution in [-0.2, 0) is 27.8 Å². The molecule has 1 saturated carbocycles. The highest BCUT2D eigenvalue weighted by molar-refractivity contribution is 7.90. The van der Waals surface area contributed by atoms with Gasteiger partial charge in [0.25, 0.3) is 15.6 Å². The number of aromatic nitrogens is 3. The molecule has 6 aromatic rings. The largest absolute Gasteiger partial charge is 0.465 e.